The number of aliphatic imine (C=N–C) groups is 1. The van der Waals surface area contributed by atoms with Gasteiger partial charge in [-0.3, -0.25) is 10.4 Å². The van der Waals surface area contributed by atoms with Gasteiger partial charge in [0.1, 0.15) is 28.6 Å². The van der Waals surface area contributed by atoms with Crippen molar-refractivity contribution in [3.05, 3.63) is 65.2 Å². The van der Waals surface area contributed by atoms with Gasteiger partial charge >= 0.3 is 5.97 Å². The first-order valence-electron chi connectivity index (χ1n) is 14.2. The van der Waals surface area contributed by atoms with Crippen LogP contribution in [0.2, 0.25) is 0 Å². The van der Waals surface area contributed by atoms with E-state index in [0.717, 1.165) is 17.9 Å². The summed E-state index contributed by atoms with van der Waals surface area (Å²) in [7, 11) is 3.32. The molecule has 13 heteroatoms. The summed E-state index contributed by atoms with van der Waals surface area (Å²) in [5.41, 5.74) is 4.55. The molecule has 3 aromatic rings. The lowest BCUT2D eigenvalue weighted by atomic mass is 9.94. The van der Waals surface area contributed by atoms with Gasteiger partial charge in [0.2, 0.25) is 11.6 Å². The highest BCUT2D eigenvalue weighted by Crippen LogP contribution is 2.45. The van der Waals surface area contributed by atoms with E-state index >= 15 is 8.78 Å². The number of phenolic OH excluding ortho intramolecular Hbond substituents is 1. The number of aromatic nitrogens is 1. The summed E-state index contributed by atoms with van der Waals surface area (Å²) in [6.07, 6.45) is 1.94. The van der Waals surface area contributed by atoms with Gasteiger partial charge in [0.25, 0.3) is 11.8 Å². The highest BCUT2D eigenvalue weighted by Gasteiger charge is 2.48. The second-order valence-corrected chi connectivity index (χ2v) is 10.7. The largest absolute Gasteiger partial charge is 0.504 e. The Morgan fingerprint density at radius 2 is 1.84 bits per heavy atom. The third kappa shape index (κ3) is 5.69. The number of nitrogens with zero attached hydrogens (tertiary/aromatic N) is 4. The average Bonchev–Trinajstić information content (AvgIpc) is 3.67. The number of pyridine rings is 1. The lowest BCUT2D eigenvalue weighted by Gasteiger charge is -2.38. The van der Waals surface area contributed by atoms with Crippen LogP contribution >= 0.6 is 0 Å². The number of rotatable bonds is 10. The number of carbonyl (C=O) groups is 1. The number of carbonyl (C=O) groups excluding carboxylic acids is 1. The van der Waals surface area contributed by atoms with Gasteiger partial charge in [-0.25, -0.2) is 4.79 Å². The molecule has 1 aliphatic carbocycles. The molecule has 5 rings (SSSR count). The van der Waals surface area contributed by atoms with Gasteiger partial charge in [-0.15, -0.1) is 0 Å². The molecule has 11 nitrogen and oxygen atoms in total. The quantitative estimate of drug-likeness (QED) is 0.165. The Bertz CT molecular complexity index is 1630. The molecular weight excluding hydrogens is 574 g/mol. The number of hydrogen-bond acceptors (Lipinski definition) is 10. The number of anilines is 1. The zero-order chi connectivity index (χ0) is 31.6. The van der Waals surface area contributed by atoms with Crippen molar-refractivity contribution in [2.24, 2.45) is 10.7 Å². The molecule has 1 saturated carbocycles. The Hall–Kier alpha value is -4.94. The molecule has 1 aliphatic heterocycles. The van der Waals surface area contributed by atoms with E-state index in [1.807, 2.05) is 18.0 Å². The topological polar surface area (TPSA) is 147 Å². The number of nitrogens with two attached hydrogens (primary N) is 1. The summed E-state index contributed by atoms with van der Waals surface area (Å²) >= 11 is 0. The van der Waals surface area contributed by atoms with Crippen molar-refractivity contribution >= 4 is 23.3 Å². The lowest BCUT2D eigenvalue weighted by Crippen LogP contribution is -2.52. The molecule has 0 bridgehead atoms. The average molecular weight is 609 g/mol. The predicted octanol–water partition coefficient (Wildman–Crippen LogP) is 4.94. The third-order valence-electron chi connectivity index (χ3n) is 7.90. The minimum absolute atomic E-state index is 0.0983. The van der Waals surface area contributed by atoms with Crippen LogP contribution in [0.5, 0.6) is 29.0 Å². The SMILES string of the molecule is CCOC(=O)C1(N(C)c2c(F)c(Oc3cccc(C4=NCCN4C)c3)nc(Oc3cc(C(=N)N)ccc3O)c2F)CCCC1. The fraction of sp³-hybridized carbons (Fsp3) is 0.355. The maximum Gasteiger partial charge on any atom is 0.331 e. The van der Waals surface area contributed by atoms with E-state index in [9.17, 15) is 9.90 Å². The summed E-state index contributed by atoms with van der Waals surface area (Å²) in [5, 5.41) is 18.1. The predicted molar refractivity (Wildman–Crippen MR) is 160 cm³/mol. The minimum Gasteiger partial charge on any atom is -0.504 e. The van der Waals surface area contributed by atoms with E-state index in [0.29, 0.717) is 32.2 Å². The molecule has 0 spiro atoms. The second-order valence-electron chi connectivity index (χ2n) is 10.7. The maximum absolute atomic E-state index is 16.4. The van der Waals surface area contributed by atoms with Crippen molar-refractivity contribution in [3.8, 4) is 29.0 Å². The zero-order valence-corrected chi connectivity index (χ0v) is 24.7. The smallest absolute Gasteiger partial charge is 0.331 e. The first kappa shape index (κ1) is 30.5. The van der Waals surface area contributed by atoms with Crippen molar-refractivity contribution in [2.75, 3.05) is 38.7 Å². The zero-order valence-electron chi connectivity index (χ0n) is 24.7. The number of ether oxygens (including phenoxy) is 3. The molecule has 232 valence electrons. The second kappa shape index (κ2) is 12.3. The molecule has 0 unspecified atom stereocenters. The molecule has 0 amide bonds. The molecule has 4 N–H and O–H groups in total. The van der Waals surface area contributed by atoms with Crippen LogP contribution in [0.25, 0.3) is 0 Å². The Balaban J connectivity index is 1.63. The normalized spacial score (nSPS) is 15.6. The molecule has 0 atom stereocenters. The Labute approximate surface area is 253 Å². The van der Waals surface area contributed by atoms with Crippen molar-refractivity contribution in [1.29, 1.82) is 5.41 Å². The number of aromatic hydroxyl groups is 1. The number of esters is 1. The number of amidine groups is 2. The van der Waals surface area contributed by atoms with Crippen LogP contribution in [-0.4, -0.2) is 72.0 Å². The standard InChI is InChI=1S/C31H34F2N6O5/c1-4-42-30(41)31(12-5-6-13-31)39(3)25-23(32)28(43-20-9-7-8-19(16-20)27-36-14-15-38(27)2)37-29(24(25)33)44-22-17-18(26(34)35)10-11-21(22)40/h7-11,16-17,40H,4-6,12-15H2,1-3H3,(H3,34,35). The van der Waals surface area contributed by atoms with E-state index in [4.69, 9.17) is 25.4 Å². The van der Waals surface area contributed by atoms with Crippen LogP contribution in [0.3, 0.4) is 0 Å². The van der Waals surface area contributed by atoms with Crippen molar-refractivity contribution in [1.82, 2.24) is 9.88 Å². The van der Waals surface area contributed by atoms with Crippen LogP contribution < -0.4 is 20.1 Å². The summed E-state index contributed by atoms with van der Waals surface area (Å²) in [6.45, 7) is 3.16. The van der Waals surface area contributed by atoms with Gasteiger partial charge in [0, 0.05) is 31.8 Å². The van der Waals surface area contributed by atoms with Gasteiger partial charge in [-0.1, -0.05) is 25.0 Å². The highest BCUT2D eigenvalue weighted by molar-refractivity contribution is 6.00. The van der Waals surface area contributed by atoms with Crippen LogP contribution in [0.4, 0.5) is 14.5 Å². The fourth-order valence-corrected chi connectivity index (χ4v) is 5.56. The van der Waals surface area contributed by atoms with Crippen LogP contribution in [0.1, 0.15) is 43.7 Å². The number of halogens is 2. The van der Waals surface area contributed by atoms with E-state index in [2.05, 4.69) is 9.98 Å². The van der Waals surface area contributed by atoms with E-state index in [-0.39, 0.29) is 29.5 Å². The summed E-state index contributed by atoms with van der Waals surface area (Å²) in [5.74, 6) is -4.38. The number of nitrogen functional groups attached to an aromatic ring is 1. The summed E-state index contributed by atoms with van der Waals surface area (Å²) < 4.78 is 49.6. The monoisotopic (exact) mass is 608 g/mol. The Morgan fingerprint density at radius 1 is 1.14 bits per heavy atom. The third-order valence-corrected chi connectivity index (χ3v) is 7.90. The van der Waals surface area contributed by atoms with Gasteiger partial charge in [0.05, 0.1) is 13.2 Å². The van der Waals surface area contributed by atoms with Crippen molar-refractivity contribution < 1.29 is 32.9 Å². The molecule has 2 aromatic carbocycles. The number of likely N-dealkylation sites (N-methyl/N-ethyl adjacent to an activating group) is 2. The summed E-state index contributed by atoms with van der Waals surface area (Å²) in [6, 6.07) is 10.6. The molecular formula is C31H34F2N6O5. The van der Waals surface area contributed by atoms with E-state index in [1.165, 1.54) is 30.1 Å². The molecule has 2 heterocycles. The maximum atomic E-state index is 16.4. The summed E-state index contributed by atoms with van der Waals surface area (Å²) in [4.78, 5) is 25.0. The number of nitrogens with one attached hydrogen (secondary N) is 1. The molecule has 2 aliphatic rings. The van der Waals surface area contributed by atoms with E-state index in [1.54, 1.807) is 25.1 Å². The molecule has 1 fully saturated rings. The Morgan fingerprint density at radius 3 is 2.48 bits per heavy atom. The van der Waals surface area contributed by atoms with Gasteiger partial charge in [-0.05, 0) is 50.1 Å². The number of phenols is 1. The molecule has 0 saturated heterocycles. The first-order chi connectivity index (χ1) is 21.1. The van der Waals surface area contributed by atoms with Crippen LogP contribution in [0, 0.1) is 17.0 Å². The lowest BCUT2D eigenvalue weighted by molar-refractivity contribution is -0.149. The van der Waals surface area contributed by atoms with Gasteiger partial charge in [-0.2, -0.15) is 13.8 Å². The number of hydrogen-bond donors (Lipinski definition) is 3. The Kier molecular flexibility index (Phi) is 8.56. The van der Waals surface area contributed by atoms with Crippen LogP contribution in [0.15, 0.2) is 47.5 Å². The number of benzene rings is 2. The fourth-order valence-electron chi connectivity index (χ4n) is 5.56. The van der Waals surface area contributed by atoms with Crippen molar-refractivity contribution in [3.63, 3.8) is 0 Å². The first-order valence-corrected chi connectivity index (χ1v) is 14.2. The molecule has 44 heavy (non-hydrogen) atoms. The van der Waals surface area contributed by atoms with E-state index < -0.39 is 46.3 Å². The highest BCUT2D eigenvalue weighted by atomic mass is 19.1. The molecule has 0 radical (unpaired) electrons. The molecule has 1 aromatic heterocycles. The van der Waals surface area contributed by atoms with Gasteiger partial charge < -0.3 is 34.9 Å². The van der Waals surface area contributed by atoms with Crippen molar-refractivity contribution in [2.45, 2.75) is 38.1 Å². The van der Waals surface area contributed by atoms with Gasteiger partial charge in [0.15, 0.2) is 11.5 Å². The van der Waals surface area contributed by atoms with Crippen LogP contribution in [-0.2, 0) is 9.53 Å². The minimum atomic E-state index is -1.34.